The summed E-state index contributed by atoms with van der Waals surface area (Å²) in [6.45, 7) is 1.19. The Bertz CT molecular complexity index is 1340. The molecule has 0 aliphatic heterocycles. The van der Waals surface area contributed by atoms with Crippen LogP contribution in [0.1, 0.15) is 27.1 Å². The van der Waals surface area contributed by atoms with Crippen LogP contribution in [0.25, 0.3) is 11.0 Å². The van der Waals surface area contributed by atoms with Crippen LogP contribution in [0.3, 0.4) is 0 Å². The third-order valence-electron chi connectivity index (χ3n) is 5.69. The molecule has 0 unspecified atom stereocenters. The van der Waals surface area contributed by atoms with Crippen LogP contribution in [0.2, 0.25) is 5.02 Å². The van der Waals surface area contributed by atoms with Gasteiger partial charge in [0.15, 0.2) is 5.78 Å². The third kappa shape index (κ3) is 4.91. The molecule has 0 aliphatic rings. The normalized spacial score (nSPS) is 11.0. The quantitative estimate of drug-likeness (QED) is 0.390. The number of amides is 1. The molecule has 0 saturated carbocycles. The van der Waals surface area contributed by atoms with Crippen molar-refractivity contribution in [3.8, 4) is 0 Å². The number of halogens is 1. The van der Waals surface area contributed by atoms with Gasteiger partial charge in [0, 0.05) is 36.3 Å². The molecule has 1 heterocycles. The van der Waals surface area contributed by atoms with Gasteiger partial charge in [0.1, 0.15) is 0 Å². The van der Waals surface area contributed by atoms with E-state index in [1.54, 1.807) is 52.9 Å². The molecular weight excluding hydrogens is 436 g/mol. The smallest absolute Gasteiger partial charge is 0.253 e. The number of fused-ring (bicyclic) bond motifs is 1. The maximum Gasteiger partial charge on any atom is 0.253 e. The lowest BCUT2D eigenvalue weighted by Gasteiger charge is -2.17. The molecule has 0 bridgehead atoms. The zero-order valence-corrected chi connectivity index (χ0v) is 19.1. The number of ketones is 1. The van der Waals surface area contributed by atoms with Gasteiger partial charge in [-0.15, -0.1) is 0 Å². The molecule has 0 aliphatic carbocycles. The first kappa shape index (κ1) is 22.6. The molecule has 7 heteroatoms. The molecule has 0 saturated heterocycles. The SMILES string of the molecule is CN(CCCn1c(=N)n(CC(=O)c2ccc(Cl)cc2)c2ccccc21)C(=O)c1ccccc1. The molecular formula is C26H25ClN4O2. The highest BCUT2D eigenvalue weighted by Gasteiger charge is 2.15. The van der Waals surface area contributed by atoms with Crippen molar-refractivity contribution in [3.05, 3.63) is 101 Å². The summed E-state index contributed by atoms with van der Waals surface area (Å²) in [5.74, 6) is -0.107. The summed E-state index contributed by atoms with van der Waals surface area (Å²) in [7, 11) is 1.79. The number of para-hydroxylation sites is 2. The Kier molecular flexibility index (Phi) is 6.75. The van der Waals surface area contributed by atoms with Gasteiger partial charge in [0.25, 0.3) is 5.91 Å². The minimum Gasteiger partial charge on any atom is -0.342 e. The second-order valence-electron chi connectivity index (χ2n) is 7.93. The molecule has 4 rings (SSSR count). The molecule has 1 amide bonds. The Hall–Kier alpha value is -3.64. The summed E-state index contributed by atoms with van der Waals surface area (Å²) in [6.07, 6.45) is 0.685. The maximum absolute atomic E-state index is 12.8. The van der Waals surface area contributed by atoms with E-state index in [4.69, 9.17) is 17.0 Å². The van der Waals surface area contributed by atoms with Gasteiger partial charge in [-0.1, -0.05) is 41.9 Å². The van der Waals surface area contributed by atoms with E-state index in [2.05, 4.69) is 0 Å². The second kappa shape index (κ2) is 9.88. The molecule has 3 aromatic carbocycles. The number of imidazole rings is 1. The Balaban J connectivity index is 1.51. The zero-order valence-electron chi connectivity index (χ0n) is 18.4. The minimum atomic E-state index is -0.0822. The largest absolute Gasteiger partial charge is 0.342 e. The number of Topliss-reactive ketones (excluding diaryl/α,β-unsaturated/α-hetero) is 1. The van der Waals surface area contributed by atoms with E-state index < -0.39 is 0 Å². The van der Waals surface area contributed by atoms with Crippen molar-refractivity contribution in [2.24, 2.45) is 0 Å². The van der Waals surface area contributed by atoms with Gasteiger partial charge in [-0.3, -0.25) is 15.0 Å². The van der Waals surface area contributed by atoms with Gasteiger partial charge in [-0.05, 0) is 55.0 Å². The number of carbonyl (C=O) groups excluding carboxylic acids is 2. The van der Waals surface area contributed by atoms with Crippen molar-refractivity contribution in [1.82, 2.24) is 14.0 Å². The van der Waals surface area contributed by atoms with Crippen LogP contribution >= 0.6 is 11.6 Å². The first-order valence-electron chi connectivity index (χ1n) is 10.8. The van der Waals surface area contributed by atoms with E-state index in [9.17, 15) is 9.59 Å². The fourth-order valence-electron chi connectivity index (χ4n) is 3.92. The van der Waals surface area contributed by atoms with E-state index in [-0.39, 0.29) is 23.9 Å². The van der Waals surface area contributed by atoms with Crippen molar-refractivity contribution >= 4 is 34.3 Å². The molecule has 4 aromatic rings. The standard InChI is InChI=1S/C26H25ClN4O2/c1-29(25(33)20-8-3-2-4-9-20)16-7-17-30-22-10-5-6-11-23(22)31(26(30)28)18-24(32)19-12-14-21(27)15-13-19/h2-6,8-15,28H,7,16-18H2,1H3. The summed E-state index contributed by atoms with van der Waals surface area (Å²) in [6, 6.07) is 23.7. The van der Waals surface area contributed by atoms with Crippen LogP contribution in [-0.4, -0.2) is 39.3 Å². The molecule has 0 fully saturated rings. The van der Waals surface area contributed by atoms with E-state index in [0.29, 0.717) is 35.7 Å². The monoisotopic (exact) mass is 460 g/mol. The number of hydrogen-bond donors (Lipinski definition) is 1. The number of carbonyl (C=O) groups is 2. The van der Waals surface area contributed by atoms with Gasteiger partial charge in [0.2, 0.25) is 5.62 Å². The molecule has 1 N–H and O–H groups in total. The van der Waals surface area contributed by atoms with Crippen molar-refractivity contribution in [1.29, 1.82) is 5.41 Å². The average molecular weight is 461 g/mol. The van der Waals surface area contributed by atoms with Gasteiger partial charge in [0.05, 0.1) is 17.6 Å². The average Bonchev–Trinajstić information content (AvgIpc) is 3.10. The summed E-state index contributed by atoms with van der Waals surface area (Å²) in [5, 5.41) is 9.32. The number of nitrogens with zero attached hydrogens (tertiary/aromatic N) is 3. The molecule has 1 aromatic heterocycles. The first-order chi connectivity index (χ1) is 16.0. The van der Waals surface area contributed by atoms with Crippen LogP contribution < -0.4 is 5.62 Å². The van der Waals surface area contributed by atoms with Crippen molar-refractivity contribution in [3.63, 3.8) is 0 Å². The second-order valence-corrected chi connectivity index (χ2v) is 8.36. The predicted octanol–water partition coefficient (Wildman–Crippen LogP) is 4.62. The van der Waals surface area contributed by atoms with Gasteiger partial charge >= 0.3 is 0 Å². The summed E-state index contributed by atoms with van der Waals surface area (Å²) in [4.78, 5) is 27.1. The number of hydrogen-bond acceptors (Lipinski definition) is 3. The predicted molar refractivity (Wildman–Crippen MR) is 130 cm³/mol. The molecule has 0 radical (unpaired) electrons. The van der Waals surface area contributed by atoms with Gasteiger partial charge < -0.3 is 14.0 Å². The zero-order chi connectivity index (χ0) is 23.4. The molecule has 0 spiro atoms. The minimum absolute atomic E-state index is 0.0253. The van der Waals surface area contributed by atoms with Crippen molar-refractivity contribution in [2.75, 3.05) is 13.6 Å². The van der Waals surface area contributed by atoms with E-state index >= 15 is 0 Å². The molecule has 6 nitrogen and oxygen atoms in total. The number of benzene rings is 3. The number of aryl methyl sites for hydroxylation is 1. The number of nitrogens with one attached hydrogen (secondary N) is 1. The Morgan fingerprint density at radius 3 is 2.12 bits per heavy atom. The fraction of sp³-hybridized carbons (Fsp3) is 0.192. The highest BCUT2D eigenvalue weighted by atomic mass is 35.5. The first-order valence-corrected chi connectivity index (χ1v) is 11.2. The van der Waals surface area contributed by atoms with Crippen LogP contribution in [0.4, 0.5) is 0 Å². The van der Waals surface area contributed by atoms with E-state index in [1.807, 2.05) is 47.0 Å². The lowest BCUT2D eigenvalue weighted by atomic mass is 10.1. The van der Waals surface area contributed by atoms with Crippen LogP contribution in [0, 0.1) is 5.41 Å². The van der Waals surface area contributed by atoms with Gasteiger partial charge in [-0.25, -0.2) is 0 Å². The Morgan fingerprint density at radius 2 is 1.45 bits per heavy atom. The Morgan fingerprint density at radius 1 is 0.848 bits per heavy atom. The van der Waals surface area contributed by atoms with Gasteiger partial charge in [-0.2, -0.15) is 0 Å². The molecule has 168 valence electrons. The number of aromatic nitrogens is 2. The van der Waals surface area contributed by atoms with Crippen LogP contribution in [-0.2, 0) is 13.1 Å². The molecule has 0 atom stereocenters. The highest BCUT2D eigenvalue weighted by molar-refractivity contribution is 6.30. The summed E-state index contributed by atoms with van der Waals surface area (Å²) >= 11 is 5.93. The third-order valence-corrected chi connectivity index (χ3v) is 5.94. The van der Waals surface area contributed by atoms with Crippen LogP contribution in [0.15, 0.2) is 78.9 Å². The highest BCUT2D eigenvalue weighted by Crippen LogP contribution is 2.16. The van der Waals surface area contributed by atoms with E-state index in [1.165, 1.54) is 0 Å². The van der Waals surface area contributed by atoms with Crippen LogP contribution in [0.5, 0.6) is 0 Å². The topological polar surface area (TPSA) is 71.1 Å². The lowest BCUT2D eigenvalue weighted by molar-refractivity contribution is 0.0791. The molecule has 33 heavy (non-hydrogen) atoms. The summed E-state index contributed by atoms with van der Waals surface area (Å²) < 4.78 is 3.62. The fourth-order valence-corrected chi connectivity index (χ4v) is 4.05. The van der Waals surface area contributed by atoms with Crippen molar-refractivity contribution in [2.45, 2.75) is 19.5 Å². The maximum atomic E-state index is 12.8. The van der Waals surface area contributed by atoms with Crippen molar-refractivity contribution < 1.29 is 9.59 Å². The number of rotatable bonds is 8. The summed E-state index contributed by atoms with van der Waals surface area (Å²) in [5.41, 5.74) is 3.20. The van der Waals surface area contributed by atoms with E-state index in [0.717, 1.165) is 11.0 Å². The lowest BCUT2D eigenvalue weighted by Crippen LogP contribution is -2.30. The Labute approximate surface area is 197 Å².